The van der Waals surface area contributed by atoms with E-state index in [1.54, 1.807) is 0 Å². The van der Waals surface area contributed by atoms with E-state index in [0.717, 1.165) is 18.2 Å². The Bertz CT molecular complexity index is 350. The Hall–Kier alpha value is -1.02. The van der Waals surface area contributed by atoms with E-state index in [4.69, 9.17) is 5.73 Å². The van der Waals surface area contributed by atoms with Gasteiger partial charge in [-0.3, -0.25) is 0 Å². The molecule has 1 saturated carbocycles. The van der Waals surface area contributed by atoms with Crippen LogP contribution in [0.3, 0.4) is 0 Å². The number of benzene rings is 1. The first-order chi connectivity index (χ1) is 9.24. The molecule has 3 N–H and O–H groups in total. The van der Waals surface area contributed by atoms with Crippen molar-refractivity contribution in [2.24, 2.45) is 0 Å². The monoisotopic (exact) mass is 260 g/mol. The molecule has 0 bridgehead atoms. The lowest BCUT2D eigenvalue weighted by Gasteiger charge is -2.25. The van der Waals surface area contributed by atoms with Crippen molar-refractivity contribution in [1.29, 1.82) is 0 Å². The van der Waals surface area contributed by atoms with Crippen molar-refractivity contribution >= 4 is 5.69 Å². The number of anilines is 1. The number of rotatable bonds is 4. The highest BCUT2D eigenvalue weighted by atomic mass is 14.9. The molecule has 1 fully saturated rings. The second-order valence-electron chi connectivity index (χ2n) is 6.06. The van der Waals surface area contributed by atoms with Crippen LogP contribution in [0.4, 0.5) is 5.69 Å². The van der Waals surface area contributed by atoms with Gasteiger partial charge in [-0.25, -0.2) is 0 Å². The molecule has 1 aromatic carbocycles. The lowest BCUT2D eigenvalue weighted by molar-refractivity contribution is 0.358. The van der Waals surface area contributed by atoms with E-state index in [1.165, 1.54) is 50.5 Å². The highest BCUT2D eigenvalue weighted by molar-refractivity contribution is 5.39. The Balaban J connectivity index is 1.79. The van der Waals surface area contributed by atoms with E-state index >= 15 is 0 Å². The quantitative estimate of drug-likeness (QED) is 0.806. The first kappa shape index (κ1) is 14.4. The Morgan fingerprint density at radius 3 is 2.26 bits per heavy atom. The van der Waals surface area contributed by atoms with Crippen molar-refractivity contribution in [1.82, 2.24) is 5.32 Å². The van der Waals surface area contributed by atoms with Crippen molar-refractivity contribution in [2.45, 2.75) is 70.4 Å². The maximum Gasteiger partial charge on any atom is 0.0314 e. The fourth-order valence-electron chi connectivity index (χ4n) is 3.09. The molecule has 19 heavy (non-hydrogen) atoms. The molecule has 0 saturated heterocycles. The Labute approximate surface area is 117 Å². The summed E-state index contributed by atoms with van der Waals surface area (Å²) in [5.41, 5.74) is 7.95. The molecule has 1 unspecified atom stereocenters. The van der Waals surface area contributed by atoms with Crippen LogP contribution in [0.2, 0.25) is 0 Å². The summed E-state index contributed by atoms with van der Waals surface area (Å²) in [4.78, 5) is 0. The van der Waals surface area contributed by atoms with Gasteiger partial charge >= 0.3 is 0 Å². The average molecular weight is 260 g/mol. The largest absolute Gasteiger partial charge is 0.399 e. The fourth-order valence-corrected chi connectivity index (χ4v) is 3.09. The van der Waals surface area contributed by atoms with Gasteiger partial charge in [0, 0.05) is 17.8 Å². The molecule has 2 rings (SSSR count). The summed E-state index contributed by atoms with van der Waals surface area (Å²) in [5.74, 6) is 0. The van der Waals surface area contributed by atoms with Crippen LogP contribution < -0.4 is 11.1 Å². The van der Waals surface area contributed by atoms with Gasteiger partial charge in [0.05, 0.1) is 0 Å². The number of nitrogens with two attached hydrogens (primary N) is 1. The lowest BCUT2D eigenvalue weighted by atomic mass is 9.95. The van der Waals surface area contributed by atoms with Crippen molar-refractivity contribution in [2.75, 3.05) is 5.73 Å². The summed E-state index contributed by atoms with van der Waals surface area (Å²) >= 11 is 0. The molecule has 1 aromatic rings. The van der Waals surface area contributed by atoms with E-state index in [9.17, 15) is 0 Å². The van der Waals surface area contributed by atoms with Gasteiger partial charge in [-0.1, -0.05) is 44.2 Å². The molecule has 0 heterocycles. The predicted octanol–water partition coefficient (Wildman–Crippen LogP) is 3.90. The zero-order valence-corrected chi connectivity index (χ0v) is 12.2. The molecule has 106 valence electrons. The minimum atomic E-state index is 0.549. The molecule has 2 heteroatoms. The van der Waals surface area contributed by atoms with Gasteiger partial charge in [-0.15, -0.1) is 0 Å². The topological polar surface area (TPSA) is 38.0 Å². The van der Waals surface area contributed by atoms with Crippen LogP contribution in [-0.4, -0.2) is 12.1 Å². The van der Waals surface area contributed by atoms with Gasteiger partial charge in [0.2, 0.25) is 0 Å². The third-order valence-corrected chi connectivity index (χ3v) is 4.15. The Kier molecular flexibility index (Phi) is 5.71. The molecule has 1 aliphatic carbocycles. The smallest absolute Gasteiger partial charge is 0.0314 e. The van der Waals surface area contributed by atoms with Crippen LogP contribution in [0.15, 0.2) is 24.3 Å². The molecule has 0 aliphatic heterocycles. The summed E-state index contributed by atoms with van der Waals surface area (Å²) in [5, 5.41) is 3.82. The average Bonchev–Trinajstić information content (AvgIpc) is 2.35. The normalized spacial score (nSPS) is 19.6. The van der Waals surface area contributed by atoms with E-state index in [1.807, 2.05) is 12.1 Å². The van der Waals surface area contributed by atoms with Crippen LogP contribution in [0.1, 0.15) is 57.4 Å². The second kappa shape index (κ2) is 7.54. The zero-order chi connectivity index (χ0) is 13.5. The van der Waals surface area contributed by atoms with Gasteiger partial charge < -0.3 is 11.1 Å². The minimum Gasteiger partial charge on any atom is -0.399 e. The maximum atomic E-state index is 5.72. The van der Waals surface area contributed by atoms with Crippen LogP contribution in [0.5, 0.6) is 0 Å². The fraction of sp³-hybridized carbons (Fsp3) is 0.647. The van der Waals surface area contributed by atoms with Crippen LogP contribution in [-0.2, 0) is 6.42 Å². The molecule has 0 radical (unpaired) electrons. The van der Waals surface area contributed by atoms with E-state index < -0.39 is 0 Å². The number of hydrogen-bond donors (Lipinski definition) is 2. The first-order valence-corrected chi connectivity index (χ1v) is 7.84. The van der Waals surface area contributed by atoms with Gasteiger partial charge in [0.1, 0.15) is 0 Å². The number of hydrogen-bond acceptors (Lipinski definition) is 2. The molecule has 1 atom stereocenters. The van der Waals surface area contributed by atoms with Gasteiger partial charge in [-0.2, -0.15) is 0 Å². The second-order valence-corrected chi connectivity index (χ2v) is 6.06. The van der Waals surface area contributed by atoms with Crippen LogP contribution >= 0.6 is 0 Å². The molecule has 0 amide bonds. The lowest BCUT2D eigenvalue weighted by Crippen LogP contribution is -2.38. The maximum absolute atomic E-state index is 5.72. The predicted molar refractivity (Wildman–Crippen MR) is 83.3 cm³/mol. The highest BCUT2D eigenvalue weighted by Crippen LogP contribution is 2.18. The minimum absolute atomic E-state index is 0.549. The van der Waals surface area contributed by atoms with Gasteiger partial charge in [0.15, 0.2) is 0 Å². The summed E-state index contributed by atoms with van der Waals surface area (Å²) in [6.07, 6.45) is 10.9. The SMILES string of the molecule is CC(Cc1ccc(N)cc1)NC1CCCCCCC1. The Morgan fingerprint density at radius 2 is 1.63 bits per heavy atom. The summed E-state index contributed by atoms with van der Waals surface area (Å²) < 4.78 is 0. The molecule has 0 spiro atoms. The summed E-state index contributed by atoms with van der Waals surface area (Å²) in [6, 6.07) is 9.56. The molecule has 1 aliphatic rings. The van der Waals surface area contributed by atoms with Crippen LogP contribution in [0.25, 0.3) is 0 Å². The van der Waals surface area contributed by atoms with Gasteiger partial charge in [0.25, 0.3) is 0 Å². The highest BCUT2D eigenvalue weighted by Gasteiger charge is 2.13. The number of nitrogens with one attached hydrogen (secondary N) is 1. The van der Waals surface area contributed by atoms with Crippen LogP contribution in [0, 0.1) is 0 Å². The molecule has 2 nitrogen and oxygen atoms in total. The summed E-state index contributed by atoms with van der Waals surface area (Å²) in [7, 11) is 0. The third-order valence-electron chi connectivity index (χ3n) is 4.15. The third kappa shape index (κ3) is 5.23. The zero-order valence-electron chi connectivity index (χ0n) is 12.2. The first-order valence-electron chi connectivity index (χ1n) is 7.84. The Morgan fingerprint density at radius 1 is 1.05 bits per heavy atom. The standard InChI is InChI=1S/C17H28N2/c1-14(13-15-9-11-16(18)12-10-15)19-17-7-5-3-2-4-6-8-17/h9-12,14,17,19H,2-8,13,18H2,1H3. The molecular formula is C17H28N2. The number of nitrogen functional groups attached to an aromatic ring is 1. The van der Waals surface area contributed by atoms with Crippen molar-refractivity contribution in [3.8, 4) is 0 Å². The van der Waals surface area contributed by atoms with Gasteiger partial charge in [-0.05, 0) is 43.9 Å². The van der Waals surface area contributed by atoms with Crippen molar-refractivity contribution < 1.29 is 0 Å². The summed E-state index contributed by atoms with van der Waals surface area (Å²) in [6.45, 7) is 2.30. The van der Waals surface area contributed by atoms with E-state index in [2.05, 4.69) is 24.4 Å². The molecular weight excluding hydrogens is 232 g/mol. The van der Waals surface area contributed by atoms with E-state index in [-0.39, 0.29) is 0 Å². The van der Waals surface area contributed by atoms with Crippen molar-refractivity contribution in [3.05, 3.63) is 29.8 Å². The van der Waals surface area contributed by atoms with E-state index in [0.29, 0.717) is 6.04 Å². The van der Waals surface area contributed by atoms with Crippen molar-refractivity contribution in [3.63, 3.8) is 0 Å². The molecule has 0 aromatic heterocycles.